The van der Waals surface area contributed by atoms with Crippen molar-refractivity contribution in [3.8, 4) is 0 Å². The average Bonchev–Trinajstić information content (AvgIpc) is 2.15. The summed E-state index contributed by atoms with van der Waals surface area (Å²) in [5, 5.41) is 0. The summed E-state index contributed by atoms with van der Waals surface area (Å²) in [5.74, 6) is 0.771. The summed E-state index contributed by atoms with van der Waals surface area (Å²) in [7, 11) is 2.14. The predicted octanol–water partition coefficient (Wildman–Crippen LogP) is 3.93. The van der Waals surface area contributed by atoms with E-state index < -0.39 is 0 Å². The van der Waals surface area contributed by atoms with Crippen LogP contribution in [0.4, 0.5) is 5.69 Å². The maximum Gasteiger partial charge on any atom is 0.0364 e. The zero-order valence-corrected chi connectivity index (χ0v) is 10.7. The number of nitrogens with zero attached hydrogens (tertiary/aromatic N) is 1. The molecule has 78 valence electrons. The van der Waals surface area contributed by atoms with Crippen molar-refractivity contribution in [2.24, 2.45) is 5.92 Å². The van der Waals surface area contributed by atoms with Crippen LogP contribution in [-0.4, -0.2) is 13.6 Å². The molecule has 2 heteroatoms. The Labute approximate surface area is 95.2 Å². The molecule has 0 atom stereocenters. The third-order valence-electron chi connectivity index (χ3n) is 2.31. The van der Waals surface area contributed by atoms with Crippen LogP contribution in [0, 0.1) is 5.92 Å². The van der Waals surface area contributed by atoms with Gasteiger partial charge in [0, 0.05) is 23.8 Å². The first-order valence-electron chi connectivity index (χ1n) is 5.06. The number of hydrogen-bond acceptors (Lipinski definition) is 1. The molecule has 0 aliphatic rings. The van der Waals surface area contributed by atoms with Crippen molar-refractivity contribution in [3.05, 3.63) is 28.7 Å². The highest BCUT2D eigenvalue weighted by molar-refractivity contribution is 9.10. The lowest BCUT2D eigenvalue weighted by atomic mass is 10.1. The normalized spacial score (nSPS) is 10.6. The lowest BCUT2D eigenvalue weighted by Gasteiger charge is -2.20. The molecule has 0 aliphatic heterocycles. The van der Waals surface area contributed by atoms with Gasteiger partial charge in [-0.25, -0.2) is 0 Å². The molecule has 0 aliphatic carbocycles. The summed E-state index contributed by atoms with van der Waals surface area (Å²) in [6, 6.07) is 8.46. The van der Waals surface area contributed by atoms with Gasteiger partial charge >= 0.3 is 0 Å². The SMILES string of the molecule is CC(C)CCN(C)c1ccc(Br)cc1. The molecule has 0 amide bonds. The molecule has 1 nitrogen and oxygen atoms in total. The standard InChI is InChI=1S/C12H18BrN/c1-10(2)8-9-14(3)12-6-4-11(13)5-7-12/h4-7,10H,8-9H2,1-3H3. The van der Waals surface area contributed by atoms with E-state index in [0.29, 0.717) is 0 Å². The van der Waals surface area contributed by atoms with E-state index in [1.807, 2.05) is 0 Å². The molecule has 0 radical (unpaired) electrons. The van der Waals surface area contributed by atoms with Crippen LogP contribution >= 0.6 is 15.9 Å². The fraction of sp³-hybridized carbons (Fsp3) is 0.500. The first kappa shape index (κ1) is 11.6. The predicted molar refractivity (Wildman–Crippen MR) is 66.9 cm³/mol. The van der Waals surface area contributed by atoms with Crippen LogP contribution in [0.3, 0.4) is 0 Å². The highest BCUT2D eigenvalue weighted by atomic mass is 79.9. The second-order valence-corrected chi connectivity index (χ2v) is 5.00. The van der Waals surface area contributed by atoms with Crippen molar-refractivity contribution in [1.29, 1.82) is 0 Å². The average molecular weight is 256 g/mol. The smallest absolute Gasteiger partial charge is 0.0364 e. The Morgan fingerprint density at radius 2 is 1.79 bits per heavy atom. The van der Waals surface area contributed by atoms with Crippen LogP contribution in [0.2, 0.25) is 0 Å². The Kier molecular flexibility index (Phi) is 4.46. The number of rotatable bonds is 4. The molecule has 0 spiro atoms. The lowest BCUT2D eigenvalue weighted by Crippen LogP contribution is -2.19. The number of benzene rings is 1. The van der Waals surface area contributed by atoms with Gasteiger partial charge < -0.3 is 4.90 Å². The molecule has 0 bridgehead atoms. The van der Waals surface area contributed by atoms with Crippen LogP contribution in [0.25, 0.3) is 0 Å². The van der Waals surface area contributed by atoms with E-state index in [-0.39, 0.29) is 0 Å². The molecule has 1 aromatic carbocycles. The molecule has 14 heavy (non-hydrogen) atoms. The van der Waals surface area contributed by atoms with Gasteiger partial charge in [0.15, 0.2) is 0 Å². The van der Waals surface area contributed by atoms with Gasteiger partial charge in [-0.1, -0.05) is 29.8 Å². The molecule has 0 heterocycles. The fourth-order valence-electron chi connectivity index (χ4n) is 1.28. The molecule has 0 saturated heterocycles. The van der Waals surface area contributed by atoms with E-state index in [0.717, 1.165) is 16.9 Å². The first-order valence-corrected chi connectivity index (χ1v) is 5.85. The van der Waals surface area contributed by atoms with Crippen molar-refractivity contribution in [3.63, 3.8) is 0 Å². The Morgan fingerprint density at radius 3 is 2.29 bits per heavy atom. The molecule has 0 unspecified atom stereocenters. The molecule has 0 aromatic heterocycles. The van der Waals surface area contributed by atoms with Gasteiger partial charge in [0.25, 0.3) is 0 Å². The third-order valence-corrected chi connectivity index (χ3v) is 2.84. The summed E-state index contributed by atoms with van der Waals surface area (Å²) >= 11 is 3.44. The van der Waals surface area contributed by atoms with Gasteiger partial charge in [-0.15, -0.1) is 0 Å². The largest absolute Gasteiger partial charge is 0.375 e. The van der Waals surface area contributed by atoms with Crippen LogP contribution in [-0.2, 0) is 0 Å². The van der Waals surface area contributed by atoms with E-state index in [2.05, 4.69) is 66.0 Å². The second-order valence-electron chi connectivity index (χ2n) is 4.08. The van der Waals surface area contributed by atoms with Gasteiger partial charge in [-0.05, 0) is 36.6 Å². The highest BCUT2D eigenvalue weighted by Gasteiger charge is 2.01. The van der Waals surface area contributed by atoms with Gasteiger partial charge in [0.1, 0.15) is 0 Å². The second kappa shape index (κ2) is 5.40. The minimum atomic E-state index is 0.771. The Bertz CT molecular complexity index is 266. The molecule has 0 fully saturated rings. The topological polar surface area (TPSA) is 3.24 Å². The molecule has 0 N–H and O–H groups in total. The van der Waals surface area contributed by atoms with Crippen molar-refractivity contribution in [2.45, 2.75) is 20.3 Å². The monoisotopic (exact) mass is 255 g/mol. The van der Waals surface area contributed by atoms with E-state index >= 15 is 0 Å². The first-order chi connectivity index (χ1) is 6.59. The summed E-state index contributed by atoms with van der Waals surface area (Å²) in [5.41, 5.74) is 1.29. The molecule has 1 aromatic rings. The number of anilines is 1. The quantitative estimate of drug-likeness (QED) is 0.788. The maximum atomic E-state index is 3.44. The summed E-state index contributed by atoms with van der Waals surface area (Å²) < 4.78 is 1.14. The third kappa shape index (κ3) is 3.70. The van der Waals surface area contributed by atoms with Crippen molar-refractivity contribution in [2.75, 3.05) is 18.5 Å². The van der Waals surface area contributed by atoms with E-state index in [9.17, 15) is 0 Å². The highest BCUT2D eigenvalue weighted by Crippen LogP contribution is 2.17. The van der Waals surface area contributed by atoms with Crippen molar-refractivity contribution < 1.29 is 0 Å². The van der Waals surface area contributed by atoms with Crippen LogP contribution in [0.15, 0.2) is 28.7 Å². The number of halogens is 1. The summed E-state index contributed by atoms with van der Waals surface area (Å²) in [6.45, 7) is 5.64. The molecular formula is C12H18BrN. The van der Waals surface area contributed by atoms with Gasteiger partial charge in [0.2, 0.25) is 0 Å². The summed E-state index contributed by atoms with van der Waals surface area (Å²) in [4.78, 5) is 2.30. The number of hydrogen-bond donors (Lipinski definition) is 0. The summed E-state index contributed by atoms with van der Waals surface area (Å²) in [6.07, 6.45) is 1.24. The Balaban J connectivity index is 2.52. The molecule has 0 saturated carbocycles. The lowest BCUT2D eigenvalue weighted by molar-refractivity contribution is 0.585. The van der Waals surface area contributed by atoms with E-state index in [4.69, 9.17) is 0 Å². The zero-order chi connectivity index (χ0) is 10.6. The Morgan fingerprint density at radius 1 is 1.21 bits per heavy atom. The van der Waals surface area contributed by atoms with Crippen molar-refractivity contribution >= 4 is 21.6 Å². The van der Waals surface area contributed by atoms with Crippen LogP contribution < -0.4 is 4.90 Å². The van der Waals surface area contributed by atoms with E-state index in [1.165, 1.54) is 12.1 Å². The minimum absolute atomic E-state index is 0.771. The zero-order valence-electron chi connectivity index (χ0n) is 9.13. The minimum Gasteiger partial charge on any atom is -0.375 e. The van der Waals surface area contributed by atoms with Crippen LogP contribution in [0.5, 0.6) is 0 Å². The molecule has 1 rings (SSSR count). The molecular weight excluding hydrogens is 238 g/mol. The fourth-order valence-corrected chi connectivity index (χ4v) is 1.54. The van der Waals surface area contributed by atoms with Gasteiger partial charge in [0.05, 0.1) is 0 Å². The van der Waals surface area contributed by atoms with Crippen molar-refractivity contribution in [1.82, 2.24) is 0 Å². The van der Waals surface area contributed by atoms with Gasteiger partial charge in [-0.2, -0.15) is 0 Å². The van der Waals surface area contributed by atoms with Crippen LogP contribution in [0.1, 0.15) is 20.3 Å². The Hall–Kier alpha value is -0.500. The van der Waals surface area contributed by atoms with E-state index in [1.54, 1.807) is 0 Å². The van der Waals surface area contributed by atoms with Gasteiger partial charge in [-0.3, -0.25) is 0 Å². The maximum absolute atomic E-state index is 3.44.